The molecule has 1 aromatic carbocycles. The summed E-state index contributed by atoms with van der Waals surface area (Å²) in [7, 11) is 3.18. The summed E-state index contributed by atoms with van der Waals surface area (Å²) in [5, 5.41) is 2.94. The molecule has 0 fully saturated rings. The average Bonchev–Trinajstić information content (AvgIpc) is 2.98. The molecule has 0 saturated heterocycles. The van der Waals surface area contributed by atoms with E-state index in [1.54, 1.807) is 30.1 Å². The van der Waals surface area contributed by atoms with Gasteiger partial charge < -0.3 is 19.7 Å². The van der Waals surface area contributed by atoms with Gasteiger partial charge >= 0.3 is 6.03 Å². The standard InChI is InChI=1S/C19H23N3O4/c1-4-8-22-15-12-21(9-10-25-2)18(23)16(15)17(20-19(22)24)13-6-5-7-14(11-13)26-3/h4-7,11,17H,1,8-10,12H2,2-3H3,(H,20,24). The van der Waals surface area contributed by atoms with Crippen molar-refractivity contribution in [1.82, 2.24) is 15.1 Å². The van der Waals surface area contributed by atoms with Gasteiger partial charge in [0, 0.05) is 20.2 Å². The van der Waals surface area contributed by atoms with E-state index in [9.17, 15) is 9.59 Å². The van der Waals surface area contributed by atoms with Crippen molar-refractivity contribution >= 4 is 11.9 Å². The Labute approximate surface area is 152 Å². The Balaban J connectivity index is 2.01. The second kappa shape index (κ2) is 7.61. The van der Waals surface area contributed by atoms with Gasteiger partial charge in [0.2, 0.25) is 0 Å². The molecule has 0 spiro atoms. The minimum atomic E-state index is -0.506. The average molecular weight is 357 g/mol. The van der Waals surface area contributed by atoms with Gasteiger partial charge in [-0.25, -0.2) is 4.79 Å². The lowest BCUT2D eigenvalue weighted by Gasteiger charge is -2.33. The fraction of sp³-hybridized carbons (Fsp3) is 0.368. The molecule has 26 heavy (non-hydrogen) atoms. The molecule has 0 aromatic heterocycles. The van der Waals surface area contributed by atoms with Crippen LogP contribution in [0.1, 0.15) is 11.6 Å². The number of rotatable bonds is 7. The largest absolute Gasteiger partial charge is 0.497 e. The first-order chi connectivity index (χ1) is 12.6. The monoisotopic (exact) mass is 357 g/mol. The van der Waals surface area contributed by atoms with Crippen LogP contribution in [0.2, 0.25) is 0 Å². The molecule has 1 N–H and O–H groups in total. The van der Waals surface area contributed by atoms with Crippen LogP contribution < -0.4 is 10.1 Å². The molecule has 138 valence electrons. The van der Waals surface area contributed by atoms with Gasteiger partial charge in [0.1, 0.15) is 5.75 Å². The summed E-state index contributed by atoms with van der Waals surface area (Å²) in [5.74, 6) is 0.591. The second-order valence-corrected chi connectivity index (χ2v) is 6.14. The fourth-order valence-corrected chi connectivity index (χ4v) is 3.32. The van der Waals surface area contributed by atoms with Crippen LogP contribution in [0, 0.1) is 0 Å². The summed E-state index contributed by atoms with van der Waals surface area (Å²) < 4.78 is 10.4. The van der Waals surface area contributed by atoms with Crippen LogP contribution >= 0.6 is 0 Å². The first-order valence-electron chi connectivity index (χ1n) is 8.44. The van der Waals surface area contributed by atoms with Crippen molar-refractivity contribution in [1.29, 1.82) is 0 Å². The number of carbonyl (C=O) groups excluding carboxylic acids is 2. The van der Waals surface area contributed by atoms with E-state index >= 15 is 0 Å². The predicted molar refractivity (Wildman–Crippen MR) is 96.7 cm³/mol. The third-order valence-corrected chi connectivity index (χ3v) is 4.60. The normalized spacial score (nSPS) is 19.5. The lowest BCUT2D eigenvalue weighted by Crippen LogP contribution is -2.47. The number of ether oxygens (including phenoxy) is 2. The van der Waals surface area contributed by atoms with E-state index in [1.807, 2.05) is 24.3 Å². The molecule has 2 aliphatic heterocycles. The van der Waals surface area contributed by atoms with Crippen molar-refractivity contribution in [2.75, 3.05) is 40.5 Å². The van der Waals surface area contributed by atoms with Crippen molar-refractivity contribution < 1.29 is 19.1 Å². The molecule has 7 nitrogen and oxygen atoms in total. The number of nitrogens with zero attached hydrogens (tertiary/aromatic N) is 2. The lowest BCUT2D eigenvalue weighted by molar-refractivity contribution is -0.126. The highest BCUT2D eigenvalue weighted by Gasteiger charge is 2.43. The van der Waals surface area contributed by atoms with E-state index in [4.69, 9.17) is 9.47 Å². The number of amides is 3. The van der Waals surface area contributed by atoms with Gasteiger partial charge in [-0.2, -0.15) is 0 Å². The molecular weight excluding hydrogens is 334 g/mol. The fourth-order valence-electron chi connectivity index (χ4n) is 3.32. The number of methoxy groups -OCH3 is 2. The summed E-state index contributed by atoms with van der Waals surface area (Å²) in [4.78, 5) is 28.9. The van der Waals surface area contributed by atoms with Gasteiger partial charge in [-0.1, -0.05) is 18.2 Å². The maximum Gasteiger partial charge on any atom is 0.322 e. The van der Waals surface area contributed by atoms with E-state index in [0.717, 1.165) is 11.3 Å². The summed E-state index contributed by atoms with van der Waals surface area (Å²) in [6, 6.07) is 6.65. The minimum Gasteiger partial charge on any atom is -0.497 e. The van der Waals surface area contributed by atoms with Crippen LogP contribution in [-0.4, -0.2) is 62.2 Å². The van der Waals surface area contributed by atoms with Gasteiger partial charge in [0.25, 0.3) is 5.91 Å². The molecule has 0 saturated carbocycles. The molecule has 2 aliphatic rings. The molecule has 3 amide bonds. The van der Waals surface area contributed by atoms with E-state index in [2.05, 4.69) is 11.9 Å². The van der Waals surface area contributed by atoms with Crippen molar-refractivity contribution in [3.05, 3.63) is 53.8 Å². The van der Waals surface area contributed by atoms with Gasteiger partial charge in [-0.05, 0) is 17.7 Å². The van der Waals surface area contributed by atoms with Crippen molar-refractivity contribution in [2.45, 2.75) is 6.04 Å². The van der Waals surface area contributed by atoms with Crippen molar-refractivity contribution in [3.63, 3.8) is 0 Å². The highest BCUT2D eigenvalue weighted by atomic mass is 16.5. The van der Waals surface area contributed by atoms with Crippen LogP contribution in [0.4, 0.5) is 4.79 Å². The Bertz CT molecular complexity index is 759. The Morgan fingerprint density at radius 3 is 2.85 bits per heavy atom. The Kier molecular flexibility index (Phi) is 5.27. The number of urea groups is 1. The zero-order valence-electron chi connectivity index (χ0n) is 15.0. The Hall–Kier alpha value is -2.80. The molecule has 0 bridgehead atoms. The van der Waals surface area contributed by atoms with Crippen LogP contribution in [0.5, 0.6) is 5.75 Å². The summed E-state index contributed by atoms with van der Waals surface area (Å²) in [6.07, 6.45) is 1.65. The summed E-state index contributed by atoms with van der Waals surface area (Å²) >= 11 is 0. The van der Waals surface area contributed by atoms with Crippen LogP contribution in [0.25, 0.3) is 0 Å². The molecule has 0 aliphatic carbocycles. The first kappa shape index (κ1) is 18.0. The zero-order valence-corrected chi connectivity index (χ0v) is 15.0. The number of nitrogens with one attached hydrogen (secondary N) is 1. The van der Waals surface area contributed by atoms with E-state index in [1.165, 1.54) is 0 Å². The Morgan fingerprint density at radius 1 is 1.35 bits per heavy atom. The van der Waals surface area contributed by atoms with Crippen molar-refractivity contribution in [2.24, 2.45) is 0 Å². The zero-order chi connectivity index (χ0) is 18.7. The highest BCUT2D eigenvalue weighted by Crippen LogP contribution is 2.36. The molecule has 1 unspecified atom stereocenters. The van der Waals surface area contributed by atoms with E-state index in [0.29, 0.717) is 37.6 Å². The van der Waals surface area contributed by atoms with Crippen LogP contribution in [0.15, 0.2) is 48.2 Å². The van der Waals surface area contributed by atoms with Gasteiger partial charge in [-0.3, -0.25) is 9.69 Å². The Morgan fingerprint density at radius 2 is 2.15 bits per heavy atom. The number of carbonyl (C=O) groups is 2. The van der Waals surface area contributed by atoms with E-state index < -0.39 is 6.04 Å². The van der Waals surface area contributed by atoms with Gasteiger partial charge in [0.05, 0.1) is 37.6 Å². The lowest BCUT2D eigenvalue weighted by atomic mass is 9.95. The van der Waals surface area contributed by atoms with Gasteiger partial charge in [-0.15, -0.1) is 6.58 Å². The summed E-state index contributed by atoms with van der Waals surface area (Å²) in [6.45, 7) is 5.37. The molecule has 2 heterocycles. The summed E-state index contributed by atoms with van der Waals surface area (Å²) in [5.41, 5.74) is 2.13. The number of hydrogen-bond acceptors (Lipinski definition) is 4. The predicted octanol–water partition coefficient (Wildman–Crippen LogP) is 1.69. The molecule has 0 radical (unpaired) electrons. The molecule has 1 aromatic rings. The van der Waals surface area contributed by atoms with Gasteiger partial charge in [0.15, 0.2) is 0 Å². The minimum absolute atomic E-state index is 0.0843. The number of hydrogen-bond donors (Lipinski definition) is 1. The highest BCUT2D eigenvalue weighted by molar-refractivity contribution is 6.01. The van der Waals surface area contributed by atoms with Crippen molar-refractivity contribution in [3.8, 4) is 5.75 Å². The first-order valence-corrected chi connectivity index (χ1v) is 8.44. The topological polar surface area (TPSA) is 71.1 Å². The second-order valence-electron chi connectivity index (χ2n) is 6.14. The smallest absolute Gasteiger partial charge is 0.322 e. The molecule has 3 rings (SSSR count). The van der Waals surface area contributed by atoms with Crippen LogP contribution in [0.3, 0.4) is 0 Å². The van der Waals surface area contributed by atoms with E-state index in [-0.39, 0.29) is 11.9 Å². The quantitative estimate of drug-likeness (QED) is 0.754. The molecule has 7 heteroatoms. The number of benzene rings is 1. The maximum absolute atomic E-state index is 13.0. The maximum atomic E-state index is 13.0. The molecule has 1 atom stereocenters. The molecular formula is C19H23N3O4. The SMILES string of the molecule is C=CCN1C(=O)NC(c2cccc(OC)c2)C2=C1CN(CCOC)C2=O. The third kappa shape index (κ3) is 3.17. The van der Waals surface area contributed by atoms with Crippen LogP contribution in [-0.2, 0) is 9.53 Å². The third-order valence-electron chi connectivity index (χ3n) is 4.60.